The molecule has 0 spiro atoms. The van der Waals surface area contributed by atoms with E-state index in [-0.39, 0.29) is 0 Å². The predicted molar refractivity (Wildman–Crippen MR) is 96.7 cm³/mol. The molecule has 0 bridgehead atoms. The van der Waals surface area contributed by atoms with Crippen molar-refractivity contribution in [3.05, 3.63) is 42.1 Å². The first kappa shape index (κ1) is 15.0. The van der Waals surface area contributed by atoms with E-state index in [1.807, 2.05) is 30.3 Å². The second kappa shape index (κ2) is 5.80. The Balaban J connectivity index is 1.93. The number of hydrogen-bond donors (Lipinski definition) is 2. The van der Waals surface area contributed by atoms with E-state index in [1.165, 1.54) is 0 Å². The fraction of sp³-hybridized carbons (Fsp3) is 0.222. The van der Waals surface area contributed by atoms with E-state index in [0.29, 0.717) is 12.3 Å². The van der Waals surface area contributed by atoms with Gasteiger partial charge in [0.05, 0.1) is 24.0 Å². The number of hydrogen-bond acceptors (Lipinski definition) is 5. The number of aryl methyl sites for hydroxylation is 1. The smallest absolute Gasteiger partial charge is 0.320 e. The van der Waals surface area contributed by atoms with Gasteiger partial charge in [0.2, 0.25) is 0 Å². The largest absolute Gasteiger partial charge is 0.493 e. The normalized spacial score (nSPS) is 13.4. The third-order valence-electron chi connectivity index (χ3n) is 4.49. The second-order valence-electron chi connectivity index (χ2n) is 6.22. The van der Waals surface area contributed by atoms with Crippen LogP contribution < -0.4 is 15.9 Å². The Hall–Kier alpha value is -2.60. The van der Waals surface area contributed by atoms with E-state index in [4.69, 9.17) is 10.5 Å². The fourth-order valence-electron chi connectivity index (χ4n) is 3.21. The topological polar surface area (TPSA) is 81.3 Å². The molecule has 1 aliphatic rings. The molecule has 0 radical (unpaired) electrons. The molecule has 0 fully saturated rings. The van der Waals surface area contributed by atoms with Crippen molar-refractivity contribution in [2.45, 2.75) is 19.7 Å². The third kappa shape index (κ3) is 2.49. The highest BCUT2D eigenvalue weighted by molar-refractivity contribution is 6.65. The molecule has 1 aliphatic heterocycles. The highest BCUT2D eigenvalue weighted by Crippen LogP contribution is 2.37. The Morgan fingerprint density at radius 2 is 2.12 bits per heavy atom. The van der Waals surface area contributed by atoms with Crippen molar-refractivity contribution in [2.24, 2.45) is 0 Å². The molecular weight excluding hydrogens is 301 g/mol. The Morgan fingerprint density at radius 1 is 1.25 bits per heavy atom. The average molecular weight is 319 g/mol. The molecular formula is C18H18BN3O2. The molecule has 120 valence electrons. The highest BCUT2D eigenvalue weighted by atomic mass is 16.5. The SMILES string of the molecule is CB(O)c1cc2c(c(-c3ccc4c(N)cnnc4c3)c1)OCCC2. The first-order valence-electron chi connectivity index (χ1n) is 8.12. The zero-order chi connectivity index (χ0) is 16.7. The number of nitrogens with two attached hydrogens (primary N) is 1. The van der Waals surface area contributed by atoms with Crippen LogP contribution in [0.2, 0.25) is 6.82 Å². The predicted octanol–water partition coefficient (Wildman–Crippen LogP) is 2.02. The molecule has 24 heavy (non-hydrogen) atoms. The van der Waals surface area contributed by atoms with E-state index in [9.17, 15) is 5.02 Å². The Kier molecular flexibility index (Phi) is 3.61. The first-order valence-corrected chi connectivity index (χ1v) is 8.12. The number of nitrogens with zero attached hydrogens (tertiary/aromatic N) is 2. The van der Waals surface area contributed by atoms with Crippen LogP contribution in [-0.4, -0.2) is 28.7 Å². The first-order chi connectivity index (χ1) is 11.6. The number of anilines is 1. The molecule has 0 atom stereocenters. The summed E-state index contributed by atoms with van der Waals surface area (Å²) in [4.78, 5) is 0. The number of aromatic nitrogens is 2. The van der Waals surface area contributed by atoms with Crippen LogP contribution in [0.25, 0.3) is 22.0 Å². The summed E-state index contributed by atoms with van der Waals surface area (Å²) >= 11 is 0. The van der Waals surface area contributed by atoms with Crippen molar-refractivity contribution in [2.75, 3.05) is 12.3 Å². The lowest BCUT2D eigenvalue weighted by Gasteiger charge is -2.22. The average Bonchev–Trinajstić information content (AvgIpc) is 2.60. The highest BCUT2D eigenvalue weighted by Gasteiger charge is 2.20. The van der Waals surface area contributed by atoms with Crippen molar-refractivity contribution in [1.82, 2.24) is 10.2 Å². The van der Waals surface area contributed by atoms with Crippen LogP contribution in [0.1, 0.15) is 12.0 Å². The molecule has 6 heteroatoms. The minimum atomic E-state index is -0.521. The number of rotatable bonds is 2. The van der Waals surface area contributed by atoms with E-state index in [1.54, 1.807) is 13.0 Å². The lowest BCUT2D eigenvalue weighted by Crippen LogP contribution is -2.28. The monoisotopic (exact) mass is 319 g/mol. The van der Waals surface area contributed by atoms with Crippen LogP contribution in [0.3, 0.4) is 0 Å². The molecule has 0 unspecified atom stereocenters. The minimum absolute atomic E-state index is 0.521. The summed E-state index contributed by atoms with van der Waals surface area (Å²) in [6, 6.07) is 9.98. The van der Waals surface area contributed by atoms with Gasteiger partial charge in [-0.25, -0.2) is 0 Å². The van der Waals surface area contributed by atoms with E-state index in [0.717, 1.165) is 51.6 Å². The van der Waals surface area contributed by atoms with Crippen molar-refractivity contribution in [1.29, 1.82) is 0 Å². The van der Waals surface area contributed by atoms with Crippen molar-refractivity contribution in [3.63, 3.8) is 0 Å². The Labute approximate surface area is 140 Å². The number of nitrogen functional groups attached to an aromatic ring is 1. The number of ether oxygens (including phenoxy) is 1. The quantitative estimate of drug-likeness (QED) is 0.706. The van der Waals surface area contributed by atoms with Gasteiger partial charge < -0.3 is 15.5 Å². The molecule has 0 amide bonds. The molecule has 0 aliphatic carbocycles. The van der Waals surface area contributed by atoms with Gasteiger partial charge in [0.15, 0.2) is 0 Å². The van der Waals surface area contributed by atoms with Gasteiger partial charge >= 0.3 is 6.92 Å². The standard InChI is InChI=1S/C18H18BN3O2/c1-19(23)13-7-12-3-2-6-24-18(12)15(9-13)11-4-5-14-16(20)10-21-22-17(14)8-11/h4-5,7-10,23H,2-3,6H2,1H3,(H2,20,22). The number of fused-ring (bicyclic) bond motifs is 2. The zero-order valence-electron chi connectivity index (χ0n) is 13.5. The van der Waals surface area contributed by atoms with E-state index < -0.39 is 6.92 Å². The van der Waals surface area contributed by atoms with Gasteiger partial charge in [0, 0.05) is 10.9 Å². The van der Waals surface area contributed by atoms with Crippen LogP contribution in [0.4, 0.5) is 5.69 Å². The van der Waals surface area contributed by atoms with Crippen molar-refractivity contribution in [3.8, 4) is 16.9 Å². The van der Waals surface area contributed by atoms with Gasteiger partial charge in [-0.3, -0.25) is 0 Å². The molecule has 3 N–H and O–H groups in total. The molecule has 0 saturated carbocycles. The van der Waals surface area contributed by atoms with Gasteiger partial charge in [-0.1, -0.05) is 25.0 Å². The summed E-state index contributed by atoms with van der Waals surface area (Å²) in [5, 5.41) is 19.0. The lowest BCUT2D eigenvalue weighted by atomic mass is 9.63. The van der Waals surface area contributed by atoms with Gasteiger partial charge in [-0.2, -0.15) is 10.2 Å². The van der Waals surface area contributed by atoms with E-state index >= 15 is 0 Å². The summed E-state index contributed by atoms with van der Waals surface area (Å²) < 4.78 is 5.94. The van der Waals surface area contributed by atoms with Crippen molar-refractivity contribution < 1.29 is 9.76 Å². The fourth-order valence-corrected chi connectivity index (χ4v) is 3.21. The molecule has 1 aromatic heterocycles. The maximum absolute atomic E-state index is 10.0. The van der Waals surface area contributed by atoms with Crippen LogP contribution in [0.15, 0.2) is 36.5 Å². The molecule has 4 rings (SSSR count). The maximum atomic E-state index is 10.0. The van der Waals surface area contributed by atoms with Crippen LogP contribution >= 0.6 is 0 Å². The van der Waals surface area contributed by atoms with Gasteiger partial charge in [0.25, 0.3) is 0 Å². The minimum Gasteiger partial charge on any atom is -0.493 e. The molecule has 2 heterocycles. The molecule has 2 aromatic carbocycles. The van der Waals surface area contributed by atoms with E-state index in [2.05, 4.69) is 10.2 Å². The second-order valence-corrected chi connectivity index (χ2v) is 6.22. The molecule has 5 nitrogen and oxygen atoms in total. The summed E-state index contributed by atoms with van der Waals surface area (Å²) in [5.74, 6) is 0.905. The summed E-state index contributed by atoms with van der Waals surface area (Å²) in [6.07, 6.45) is 3.51. The molecule has 0 saturated heterocycles. The van der Waals surface area contributed by atoms with Crippen LogP contribution in [0.5, 0.6) is 5.75 Å². The van der Waals surface area contributed by atoms with Gasteiger partial charge in [-0.05, 0) is 41.6 Å². The zero-order valence-corrected chi connectivity index (χ0v) is 13.5. The summed E-state index contributed by atoms with van der Waals surface area (Å²) in [5.41, 5.74) is 11.3. The lowest BCUT2D eigenvalue weighted by molar-refractivity contribution is 0.290. The van der Waals surface area contributed by atoms with Crippen LogP contribution in [-0.2, 0) is 6.42 Å². The van der Waals surface area contributed by atoms with Gasteiger partial charge in [0.1, 0.15) is 5.75 Å². The maximum Gasteiger partial charge on any atom is 0.320 e. The van der Waals surface area contributed by atoms with Gasteiger partial charge in [-0.15, -0.1) is 0 Å². The number of benzene rings is 2. The molecule has 3 aromatic rings. The summed E-state index contributed by atoms with van der Waals surface area (Å²) in [7, 11) is 0. The Morgan fingerprint density at radius 3 is 2.96 bits per heavy atom. The van der Waals surface area contributed by atoms with Crippen LogP contribution in [0, 0.1) is 0 Å². The van der Waals surface area contributed by atoms with Crippen molar-refractivity contribution >= 4 is 29.0 Å². The Bertz CT molecular complexity index is 928. The third-order valence-corrected chi connectivity index (χ3v) is 4.49. The summed E-state index contributed by atoms with van der Waals surface area (Å²) in [6.45, 7) is 1.97.